The van der Waals surface area contributed by atoms with Gasteiger partial charge in [-0.3, -0.25) is 14.9 Å². The van der Waals surface area contributed by atoms with Gasteiger partial charge in [-0.15, -0.1) is 0 Å². The van der Waals surface area contributed by atoms with Crippen LogP contribution in [0.15, 0.2) is 42.0 Å². The average molecular weight is 405 g/mol. The van der Waals surface area contributed by atoms with Gasteiger partial charge < -0.3 is 9.47 Å². The summed E-state index contributed by atoms with van der Waals surface area (Å²) in [7, 11) is 1.44. The van der Waals surface area contributed by atoms with E-state index in [0.717, 1.165) is 16.0 Å². The maximum absolute atomic E-state index is 13.1. The number of benzene rings is 2. The van der Waals surface area contributed by atoms with Crippen LogP contribution < -0.4 is 19.7 Å². The average Bonchev–Trinajstić information content (AvgIpc) is 2.72. The fourth-order valence-corrected chi connectivity index (χ4v) is 3.02. The lowest BCUT2D eigenvalue weighted by Crippen LogP contribution is -2.54. The van der Waals surface area contributed by atoms with Crippen molar-refractivity contribution in [2.75, 3.05) is 18.6 Å². The van der Waals surface area contributed by atoms with E-state index in [1.165, 1.54) is 13.2 Å². The van der Waals surface area contributed by atoms with Crippen LogP contribution in [0.4, 0.5) is 10.5 Å². The Bertz CT molecular complexity index is 1110. The predicted molar refractivity (Wildman–Crippen MR) is 109 cm³/mol. The molecule has 0 unspecified atom stereocenters. The first kappa shape index (κ1) is 20.6. The number of barbiturate groups is 1. The summed E-state index contributed by atoms with van der Waals surface area (Å²) >= 11 is 0. The number of imide groups is 2. The topological polar surface area (TPSA) is 109 Å². The molecule has 4 amide bonds. The number of aryl methyl sites for hydroxylation is 1. The van der Waals surface area contributed by atoms with Gasteiger partial charge in [0.05, 0.1) is 12.8 Å². The number of ether oxygens (including phenoxy) is 2. The summed E-state index contributed by atoms with van der Waals surface area (Å²) in [5.41, 5.74) is 2.38. The van der Waals surface area contributed by atoms with Crippen LogP contribution in [0.2, 0.25) is 0 Å². The SMILES string of the molecule is COc1cc(/C=C2\C(=O)NC(=O)N(c3cccc(C)c3C)C2=O)ccc1OCC#N. The number of nitriles is 1. The van der Waals surface area contributed by atoms with Gasteiger partial charge in [-0.2, -0.15) is 5.26 Å². The molecule has 1 fully saturated rings. The molecule has 1 aliphatic heterocycles. The second-order valence-electron chi connectivity index (χ2n) is 6.53. The van der Waals surface area contributed by atoms with Crippen LogP contribution in [-0.4, -0.2) is 31.6 Å². The molecule has 2 aromatic rings. The molecule has 2 aromatic carbocycles. The van der Waals surface area contributed by atoms with Crippen LogP contribution in [0.25, 0.3) is 6.08 Å². The van der Waals surface area contributed by atoms with Gasteiger partial charge in [0.1, 0.15) is 11.6 Å². The summed E-state index contributed by atoms with van der Waals surface area (Å²) in [4.78, 5) is 38.8. The number of hydrogen-bond acceptors (Lipinski definition) is 6. The first-order valence-corrected chi connectivity index (χ1v) is 9.02. The Labute approximate surface area is 173 Å². The van der Waals surface area contributed by atoms with Crippen molar-refractivity contribution in [2.45, 2.75) is 13.8 Å². The summed E-state index contributed by atoms with van der Waals surface area (Å²) < 4.78 is 10.5. The van der Waals surface area contributed by atoms with E-state index in [4.69, 9.17) is 14.7 Å². The molecule has 1 saturated heterocycles. The quantitative estimate of drug-likeness (QED) is 0.605. The molecule has 0 aliphatic carbocycles. The molecule has 1 heterocycles. The Morgan fingerprint density at radius 2 is 1.90 bits per heavy atom. The Kier molecular flexibility index (Phi) is 5.83. The number of nitrogens with zero attached hydrogens (tertiary/aromatic N) is 2. The lowest BCUT2D eigenvalue weighted by Gasteiger charge is -2.28. The third-order valence-corrected chi connectivity index (χ3v) is 4.71. The Hall–Kier alpha value is -4.12. The van der Waals surface area contributed by atoms with Crippen molar-refractivity contribution < 1.29 is 23.9 Å². The molecule has 0 atom stereocenters. The number of anilines is 1. The first-order valence-electron chi connectivity index (χ1n) is 9.02. The van der Waals surface area contributed by atoms with Crippen molar-refractivity contribution in [3.63, 3.8) is 0 Å². The third-order valence-electron chi connectivity index (χ3n) is 4.71. The van der Waals surface area contributed by atoms with Crippen molar-refractivity contribution in [1.82, 2.24) is 5.32 Å². The Balaban J connectivity index is 2.01. The van der Waals surface area contributed by atoms with E-state index in [9.17, 15) is 14.4 Å². The van der Waals surface area contributed by atoms with Gasteiger partial charge in [0.25, 0.3) is 11.8 Å². The number of amides is 4. The van der Waals surface area contributed by atoms with Crippen LogP contribution in [0, 0.1) is 25.2 Å². The first-order chi connectivity index (χ1) is 14.4. The van der Waals surface area contributed by atoms with Gasteiger partial charge in [0.15, 0.2) is 18.1 Å². The van der Waals surface area contributed by atoms with Crippen LogP contribution in [0.3, 0.4) is 0 Å². The summed E-state index contributed by atoms with van der Waals surface area (Å²) in [6, 6.07) is 11.1. The van der Waals surface area contributed by atoms with Gasteiger partial charge in [-0.05, 0) is 54.8 Å². The normalized spacial score (nSPS) is 15.1. The summed E-state index contributed by atoms with van der Waals surface area (Å²) in [6.45, 7) is 3.52. The number of carbonyl (C=O) groups excluding carboxylic acids is 3. The minimum atomic E-state index is -0.798. The smallest absolute Gasteiger partial charge is 0.335 e. The van der Waals surface area contributed by atoms with Gasteiger partial charge in [-0.1, -0.05) is 18.2 Å². The second-order valence-corrected chi connectivity index (χ2v) is 6.53. The summed E-state index contributed by atoms with van der Waals surface area (Å²) in [6.07, 6.45) is 1.37. The van der Waals surface area contributed by atoms with Crippen LogP contribution >= 0.6 is 0 Å². The number of nitrogens with one attached hydrogen (secondary N) is 1. The highest BCUT2D eigenvalue weighted by Crippen LogP contribution is 2.30. The summed E-state index contributed by atoms with van der Waals surface area (Å²) in [5.74, 6) is -0.810. The maximum Gasteiger partial charge on any atom is 0.335 e. The monoisotopic (exact) mass is 405 g/mol. The Morgan fingerprint density at radius 3 is 2.60 bits per heavy atom. The minimum absolute atomic E-state index is 0.148. The molecule has 8 heteroatoms. The molecule has 0 aromatic heterocycles. The highest BCUT2D eigenvalue weighted by Gasteiger charge is 2.37. The molecule has 0 radical (unpaired) electrons. The van der Waals surface area contributed by atoms with Crippen molar-refractivity contribution in [3.8, 4) is 17.6 Å². The lowest BCUT2D eigenvalue weighted by atomic mass is 10.0. The minimum Gasteiger partial charge on any atom is -0.493 e. The van der Waals surface area contributed by atoms with E-state index in [1.54, 1.807) is 37.3 Å². The zero-order valence-electron chi connectivity index (χ0n) is 16.7. The maximum atomic E-state index is 13.1. The second kappa shape index (κ2) is 8.49. The largest absolute Gasteiger partial charge is 0.493 e. The van der Waals surface area contributed by atoms with Gasteiger partial charge >= 0.3 is 6.03 Å². The molecule has 8 nitrogen and oxygen atoms in total. The number of methoxy groups -OCH3 is 1. The van der Waals surface area contributed by atoms with Crippen LogP contribution in [0.1, 0.15) is 16.7 Å². The fraction of sp³-hybridized carbons (Fsp3) is 0.182. The molecule has 3 rings (SSSR count). The van der Waals surface area contributed by atoms with Crippen LogP contribution in [0.5, 0.6) is 11.5 Å². The molecule has 30 heavy (non-hydrogen) atoms. The highest BCUT2D eigenvalue weighted by atomic mass is 16.5. The zero-order valence-corrected chi connectivity index (χ0v) is 16.7. The lowest BCUT2D eigenvalue weighted by molar-refractivity contribution is -0.122. The number of urea groups is 1. The van der Waals surface area contributed by atoms with E-state index in [0.29, 0.717) is 22.7 Å². The molecule has 152 valence electrons. The van der Waals surface area contributed by atoms with Gasteiger partial charge in [0, 0.05) is 0 Å². The number of carbonyl (C=O) groups is 3. The van der Waals surface area contributed by atoms with Gasteiger partial charge in [-0.25, -0.2) is 9.69 Å². The molecule has 0 saturated carbocycles. The molecule has 1 N–H and O–H groups in total. The zero-order chi connectivity index (χ0) is 21.8. The van der Waals surface area contributed by atoms with E-state index in [1.807, 2.05) is 19.1 Å². The number of hydrogen-bond donors (Lipinski definition) is 1. The molecular weight excluding hydrogens is 386 g/mol. The third kappa shape index (κ3) is 3.86. The van der Waals surface area contributed by atoms with Crippen molar-refractivity contribution >= 4 is 29.6 Å². The Morgan fingerprint density at radius 1 is 1.13 bits per heavy atom. The highest BCUT2D eigenvalue weighted by molar-refractivity contribution is 6.39. The van der Waals surface area contributed by atoms with Crippen molar-refractivity contribution in [3.05, 3.63) is 58.7 Å². The van der Waals surface area contributed by atoms with E-state index < -0.39 is 17.8 Å². The van der Waals surface area contributed by atoms with E-state index in [2.05, 4.69) is 5.32 Å². The number of rotatable bonds is 5. The van der Waals surface area contributed by atoms with Crippen molar-refractivity contribution in [1.29, 1.82) is 5.26 Å². The standard InChI is InChI=1S/C22H19N3O5/c1-13-5-4-6-17(14(13)2)25-21(27)16(20(26)24-22(25)28)11-15-7-8-18(30-10-9-23)19(12-15)29-3/h4-8,11-12H,10H2,1-3H3,(H,24,26,28)/b16-11+. The van der Waals surface area contributed by atoms with Crippen LogP contribution in [-0.2, 0) is 9.59 Å². The molecule has 0 bridgehead atoms. The predicted octanol–water partition coefficient (Wildman–Crippen LogP) is 2.88. The van der Waals surface area contributed by atoms with E-state index in [-0.39, 0.29) is 12.2 Å². The summed E-state index contributed by atoms with van der Waals surface area (Å²) in [5, 5.41) is 10.9. The van der Waals surface area contributed by atoms with Gasteiger partial charge in [0.2, 0.25) is 0 Å². The van der Waals surface area contributed by atoms with Crippen molar-refractivity contribution in [2.24, 2.45) is 0 Å². The fourth-order valence-electron chi connectivity index (χ4n) is 3.02. The molecule has 1 aliphatic rings. The molecule has 0 spiro atoms. The van der Waals surface area contributed by atoms with E-state index >= 15 is 0 Å². The molecular formula is C22H19N3O5.